The van der Waals surface area contributed by atoms with Gasteiger partial charge in [0.05, 0.1) is 6.10 Å². The maximum atomic E-state index is 9.72. The number of hydrogen-bond donors (Lipinski definition) is 3. The number of phenolic OH excluding ortho intramolecular Hbond substituents is 1. The van der Waals surface area contributed by atoms with E-state index < -0.39 is 0 Å². The van der Waals surface area contributed by atoms with E-state index in [4.69, 9.17) is 5.11 Å². The number of nitrogens with one attached hydrogen (secondary N) is 1. The van der Waals surface area contributed by atoms with Gasteiger partial charge in [-0.2, -0.15) is 0 Å². The largest absolute Gasteiger partial charge is 0.508 e. The maximum Gasteiger partial charge on any atom is 0.115 e. The van der Waals surface area contributed by atoms with Crippen LogP contribution in [0.4, 0.5) is 0 Å². The Morgan fingerprint density at radius 2 is 1.93 bits per heavy atom. The molecule has 3 N–H and O–H groups in total. The van der Waals surface area contributed by atoms with E-state index in [1.54, 1.807) is 12.1 Å². The van der Waals surface area contributed by atoms with Crippen molar-refractivity contribution in [2.24, 2.45) is 0 Å². The molecule has 0 heterocycles. The van der Waals surface area contributed by atoms with Crippen molar-refractivity contribution in [1.29, 1.82) is 0 Å². The SMILES string of the molecule is Oc1ccc(CC(O)CNC2CC2)cc1. The first-order valence-electron chi connectivity index (χ1n) is 5.43. The fourth-order valence-corrected chi connectivity index (χ4v) is 1.57. The highest BCUT2D eigenvalue weighted by molar-refractivity contribution is 5.26. The maximum absolute atomic E-state index is 9.72. The van der Waals surface area contributed by atoms with Crippen LogP contribution in [0.2, 0.25) is 0 Å². The minimum Gasteiger partial charge on any atom is -0.508 e. The molecule has 1 aromatic carbocycles. The Morgan fingerprint density at radius 3 is 2.53 bits per heavy atom. The molecule has 1 aliphatic rings. The van der Waals surface area contributed by atoms with Crippen LogP contribution in [0.5, 0.6) is 5.75 Å². The lowest BCUT2D eigenvalue weighted by Crippen LogP contribution is -2.29. The van der Waals surface area contributed by atoms with Crippen LogP contribution in [0.1, 0.15) is 18.4 Å². The molecule has 1 aliphatic carbocycles. The Hall–Kier alpha value is -1.06. The van der Waals surface area contributed by atoms with Crippen LogP contribution >= 0.6 is 0 Å². The molecule has 2 rings (SSSR count). The molecular formula is C12H17NO2. The van der Waals surface area contributed by atoms with Gasteiger partial charge in [-0.1, -0.05) is 12.1 Å². The predicted molar refractivity (Wildman–Crippen MR) is 58.8 cm³/mol. The molecule has 0 spiro atoms. The van der Waals surface area contributed by atoms with Crippen molar-refractivity contribution < 1.29 is 10.2 Å². The van der Waals surface area contributed by atoms with Crippen molar-refractivity contribution in [1.82, 2.24) is 5.32 Å². The number of hydrogen-bond acceptors (Lipinski definition) is 3. The van der Waals surface area contributed by atoms with Crippen LogP contribution in [-0.2, 0) is 6.42 Å². The molecule has 0 saturated heterocycles. The fraction of sp³-hybridized carbons (Fsp3) is 0.500. The lowest BCUT2D eigenvalue weighted by molar-refractivity contribution is 0.171. The van der Waals surface area contributed by atoms with Gasteiger partial charge in [0.15, 0.2) is 0 Å². The van der Waals surface area contributed by atoms with E-state index in [1.807, 2.05) is 12.1 Å². The zero-order valence-electron chi connectivity index (χ0n) is 8.69. The average molecular weight is 207 g/mol. The van der Waals surface area contributed by atoms with Crippen molar-refractivity contribution in [3.63, 3.8) is 0 Å². The van der Waals surface area contributed by atoms with E-state index in [0.717, 1.165) is 5.56 Å². The summed E-state index contributed by atoms with van der Waals surface area (Å²) in [5.41, 5.74) is 1.05. The van der Waals surface area contributed by atoms with Gasteiger partial charge in [-0.25, -0.2) is 0 Å². The van der Waals surface area contributed by atoms with Gasteiger partial charge in [0, 0.05) is 12.6 Å². The third-order valence-corrected chi connectivity index (χ3v) is 2.63. The molecular weight excluding hydrogens is 190 g/mol. The topological polar surface area (TPSA) is 52.5 Å². The summed E-state index contributed by atoms with van der Waals surface area (Å²) >= 11 is 0. The van der Waals surface area contributed by atoms with Gasteiger partial charge in [-0.15, -0.1) is 0 Å². The third-order valence-electron chi connectivity index (χ3n) is 2.63. The third kappa shape index (κ3) is 3.53. The summed E-state index contributed by atoms with van der Waals surface area (Å²) in [4.78, 5) is 0. The Morgan fingerprint density at radius 1 is 1.27 bits per heavy atom. The van der Waals surface area contributed by atoms with E-state index in [9.17, 15) is 5.11 Å². The summed E-state index contributed by atoms with van der Waals surface area (Å²) in [6, 6.07) is 7.62. The lowest BCUT2D eigenvalue weighted by Gasteiger charge is -2.11. The number of phenols is 1. The van der Waals surface area contributed by atoms with Crippen LogP contribution in [0, 0.1) is 0 Å². The summed E-state index contributed by atoms with van der Waals surface area (Å²) in [6.45, 7) is 0.658. The molecule has 82 valence electrons. The number of benzene rings is 1. The highest BCUT2D eigenvalue weighted by Crippen LogP contribution is 2.18. The average Bonchev–Trinajstić information content (AvgIpc) is 3.02. The van der Waals surface area contributed by atoms with Crippen LogP contribution in [0.3, 0.4) is 0 Å². The first-order chi connectivity index (χ1) is 7.24. The Bertz CT molecular complexity index is 306. The van der Waals surface area contributed by atoms with Gasteiger partial charge in [0.25, 0.3) is 0 Å². The second-order valence-corrected chi connectivity index (χ2v) is 4.21. The fourth-order valence-electron chi connectivity index (χ4n) is 1.57. The molecule has 15 heavy (non-hydrogen) atoms. The molecule has 0 radical (unpaired) electrons. The Kier molecular flexibility index (Phi) is 3.23. The molecule has 1 aromatic rings. The molecule has 0 amide bonds. The zero-order chi connectivity index (χ0) is 10.7. The minimum absolute atomic E-state index is 0.268. The van der Waals surface area contributed by atoms with Gasteiger partial charge < -0.3 is 15.5 Å². The molecule has 1 atom stereocenters. The lowest BCUT2D eigenvalue weighted by atomic mass is 10.1. The van der Waals surface area contributed by atoms with Gasteiger partial charge in [-0.3, -0.25) is 0 Å². The number of aromatic hydroxyl groups is 1. The molecule has 1 fully saturated rings. The molecule has 0 aliphatic heterocycles. The van der Waals surface area contributed by atoms with Crippen molar-refractivity contribution in [2.45, 2.75) is 31.4 Å². The van der Waals surface area contributed by atoms with Crippen molar-refractivity contribution >= 4 is 0 Å². The van der Waals surface area contributed by atoms with Crippen molar-refractivity contribution in [3.05, 3.63) is 29.8 Å². The normalized spacial score (nSPS) is 17.7. The van der Waals surface area contributed by atoms with E-state index in [-0.39, 0.29) is 11.9 Å². The molecule has 0 bridgehead atoms. The highest BCUT2D eigenvalue weighted by Gasteiger charge is 2.21. The second-order valence-electron chi connectivity index (χ2n) is 4.21. The first-order valence-corrected chi connectivity index (χ1v) is 5.43. The molecule has 3 nitrogen and oxygen atoms in total. The van der Waals surface area contributed by atoms with Crippen molar-refractivity contribution in [3.8, 4) is 5.75 Å². The summed E-state index contributed by atoms with van der Waals surface area (Å²) < 4.78 is 0. The van der Waals surface area contributed by atoms with Gasteiger partial charge in [-0.05, 0) is 37.0 Å². The van der Waals surface area contributed by atoms with E-state index >= 15 is 0 Å². The van der Waals surface area contributed by atoms with Gasteiger partial charge in [0.1, 0.15) is 5.75 Å². The van der Waals surface area contributed by atoms with Crippen molar-refractivity contribution in [2.75, 3.05) is 6.54 Å². The Labute approximate surface area is 89.8 Å². The summed E-state index contributed by atoms with van der Waals surface area (Å²) in [6.07, 6.45) is 2.79. The quantitative estimate of drug-likeness (QED) is 0.676. The van der Waals surface area contributed by atoms with E-state index in [1.165, 1.54) is 12.8 Å². The first kappa shape index (κ1) is 10.5. The monoisotopic (exact) mass is 207 g/mol. The smallest absolute Gasteiger partial charge is 0.115 e. The second kappa shape index (κ2) is 4.64. The summed E-state index contributed by atoms with van der Waals surface area (Å²) in [7, 11) is 0. The number of aliphatic hydroxyl groups is 1. The van der Waals surface area contributed by atoms with Gasteiger partial charge in [0.2, 0.25) is 0 Å². The van der Waals surface area contributed by atoms with Gasteiger partial charge >= 0.3 is 0 Å². The summed E-state index contributed by atoms with van der Waals surface area (Å²) in [5.74, 6) is 0.268. The van der Waals surface area contributed by atoms with Crippen LogP contribution in [-0.4, -0.2) is 28.9 Å². The van der Waals surface area contributed by atoms with Crippen LogP contribution < -0.4 is 5.32 Å². The number of aliphatic hydroxyl groups excluding tert-OH is 1. The standard InChI is InChI=1S/C12H17NO2/c14-11-5-1-9(2-6-11)7-12(15)8-13-10-3-4-10/h1-2,5-6,10,12-15H,3-4,7-8H2. The molecule has 1 saturated carbocycles. The zero-order valence-corrected chi connectivity index (χ0v) is 8.69. The minimum atomic E-state index is -0.338. The highest BCUT2D eigenvalue weighted by atomic mass is 16.3. The van der Waals surface area contributed by atoms with E-state index in [0.29, 0.717) is 19.0 Å². The molecule has 1 unspecified atom stereocenters. The number of rotatable bonds is 5. The van der Waals surface area contributed by atoms with E-state index in [2.05, 4.69) is 5.32 Å². The summed E-state index contributed by atoms with van der Waals surface area (Å²) in [5, 5.41) is 22.1. The molecule has 0 aromatic heterocycles. The Balaban J connectivity index is 1.76. The van der Waals surface area contributed by atoms with Crippen LogP contribution in [0.15, 0.2) is 24.3 Å². The predicted octanol–water partition coefficient (Wildman–Crippen LogP) is 1.05. The molecule has 3 heteroatoms. The van der Waals surface area contributed by atoms with Crippen LogP contribution in [0.25, 0.3) is 0 Å².